The van der Waals surface area contributed by atoms with Crippen LogP contribution < -0.4 is 4.72 Å². The Kier molecular flexibility index (Phi) is 5.91. The first kappa shape index (κ1) is 18.6. The fourth-order valence-electron chi connectivity index (χ4n) is 2.30. The van der Waals surface area contributed by atoms with E-state index in [4.69, 9.17) is 5.26 Å². The average molecular weight is 357 g/mol. The number of nitrogens with one attached hydrogen (secondary N) is 1. The minimum absolute atomic E-state index is 0.126. The van der Waals surface area contributed by atoms with Gasteiger partial charge >= 0.3 is 0 Å². The lowest BCUT2D eigenvalue weighted by molar-refractivity contribution is 0.0785. The molecule has 0 saturated carbocycles. The van der Waals surface area contributed by atoms with E-state index >= 15 is 0 Å². The summed E-state index contributed by atoms with van der Waals surface area (Å²) >= 11 is 0. The molecule has 0 spiro atoms. The van der Waals surface area contributed by atoms with E-state index in [0.29, 0.717) is 24.2 Å². The van der Waals surface area contributed by atoms with Gasteiger partial charge in [0.1, 0.15) is 0 Å². The summed E-state index contributed by atoms with van der Waals surface area (Å²) in [7, 11) is -1.86. The molecule has 0 radical (unpaired) electrons. The minimum Gasteiger partial charge on any atom is -0.337 e. The van der Waals surface area contributed by atoms with E-state index in [0.717, 1.165) is 5.56 Å². The summed E-state index contributed by atoms with van der Waals surface area (Å²) in [5.74, 6) is -0.211. The van der Waals surface area contributed by atoms with Crippen molar-refractivity contribution in [1.29, 1.82) is 5.26 Å². The van der Waals surface area contributed by atoms with Gasteiger partial charge in [0, 0.05) is 25.7 Å². The molecule has 2 aromatic carbocycles. The van der Waals surface area contributed by atoms with E-state index in [-0.39, 0.29) is 10.8 Å². The highest BCUT2D eigenvalue weighted by Gasteiger charge is 2.16. The molecule has 0 atom stereocenters. The first-order chi connectivity index (χ1) is 11.9. The minimum atomic E-state index is -3.53. The fourth-order valence-corrected chi connectivity index (χ4v) is 3.34. The van der Waals surface area contributed by atoms with Gasteiger partial charge in [0.25, 0.3) is 5.91 Å². The Hall–Kier alpha value is -2.69. The molecule has 0 heterocycles. The van der Waals surface area contributed by atoms with Crippen molar-refractivity contribution in [3.05, 3.63) is 65.2 Å². The quantitative estimate of drug-likeness (QED) is 0.857. The monoisotopic (exact) mass is 357 g/mol. The van der Waals surface area contributed by atoms with Gasteiger partial charge in [-0.05, 0) is 42.0 Å². The zero-order valence-corrected chi connectivity index (χ0v) is 14.9. The Morgan fingerprint density at radius 2 is 1.72 bits per heavy atom. The van der Waals surface area contributed by atoms with Crippen molar-refractivity contribution < 1.29 is 13.2 Å². The Bertz CT molecular complexity index is 883. The van der Waals surface area contributed by atoms with Crippen LogP contribution in [0.2, 0.25) is 0 Å². The Labute approximate surface area is 147 Å². The fraction of sp³-hybridized carbons (Fsp3) is 0.222. The van der Waals surface area contributed by atoms with Crippen molar-refractivity contribution >= 4 is 15.9 Å². The molecule has 1 amide bonds. The third-order valence-electron chi connectivity index (χ3n) is 3.60. The van der Waals surface area contributed by atoms with Gasteiger partial charge in [0.15, 0.2) is 0 Å². The predicted octanol–water partition coefficient (Wildman–Crippen LogP) is 2.13. The largest absolute Gasteiger partial charge is 0.337 e. The molecule has 25 heavy (non-hydrogen) atoms. The Balaban J connectivity index is 2.10. The molecule has 0 aliphatic carbocycles. The first-order valence-electron chi connectivity index (χ1n) is 7.71. The van der Waals surface area contributed by atoms with Crippen LogP contribution in [-0.2, 0) is 16.6 Å². The summed E-state index contributed by atoms with van der Waals surface area (Å²) in [6, 6.07) is 14.9. The molecule has 6 nitrogen and oxygen atoms in total. The average Bonchev–Trinajstić information content (AvgIpc) is 2.61. The summed E-state index contributed by atoms with van der Waals surface area (Å²) in [4.78, 5) is 14.1. The van der Waals surface area contributed by atoms with Crippen molar-refractivity contribution in [2.45, 2.75) is 18.4 Å². The van der Waals surface area contributed by atoms with Crippen LogP contribution in [0.3, 0.4) is 0 Å². The number of benzene rings is 2. The molecule has 0 bridgehead atoms. The van der Waals surface area contributed by atoms with E-state index in [1.54, 1.807) is 38.2 Å². The van der Waals surface area contributed by atoms with Crippen molar-refractivity contribution in [3.63, 3.8) is 0 Å². The van der Waals surface area contributed by atoms with Crippen LogP contribution in [0.5, 0.6) is 0 Å². The summed E-state index contributed by atoms with van der Waals surface area (Å²) in [5, 5.41) is 8.80. The summed E-state index contributed by atoms with van der Waals surface area (Å²) in [6.07, 6.45) is 0. The molecule has 0 fully saturated rings. The Morgan fingerprint density at radius 3 is 2.24 bits per heavy atom. The SMILES string of the molecule is CCNS(=O)(=O)c1ccc(C(=O)N(C)Cc2ccc(C#N)cc2)cc1. The second-order valence-corrected chi connectivity index (χ2v) is 7.26. The van der Waals surface area contributed by atoms with Crippen molar-refractivity contribution in [3.8, 4) is 6.07 Å². The van der Waals surface area contributed by atoms with Gasteiger partial charge in [0.2, 0.25) is 10.0 Å². The molecule has 0 aliphatic rings. The van der Waals surface area contributed by atoms with Crippen LogP contribution in [0.15, 0.2) is 53.4 Å². The highest BCUT2D eigenvalue weighted by atomic mass is 32.2. The number of amides is 1. The number of hydrogen-bond donors (Lipinski definition) is 1. The van der Waals surface area contributed by atoms with Gasteiger partial charge < -0.3 is 4.90 Å². The van der Waals surface area contributed by atoms with Crippen LogP contribution in [-0.4, -0.2) is 32.8 Å². The summed E-state index contributed by atoms with van der Waals surface area (Å²) < 4.78 is 26.2. The maximum atomic E-state index is 12.5. The van der Waals surface area contributed by atoms with Gasteiger partial charge in [-0.25, -0.2) is 13.1 Å². The molecule has 0 aliphatic heterocycles. The zero-order valence-electron chi connectivity index (χ0n) is 14.1. The van der Waals surface area contributed by atoms with Crippen LogP contribution in [0.1, 0.15) is 28.4 Å². The van der Waals surface area contributed by atoms with Crippen molar-refractivity contribution in [1.82, 2.24) is 9.62 Å². The first-order valence-corrected chi connectivity index (χ1v) is 9.20. The molecule has 2 rings (SSSR count). The van der Waals surface area contributed by atoms with Gasteiger partial charge in [-0.15, -0.1) is 0 Å². The van der Waals surface area contributed by atoms with Crippen LogP contribution >= 0.6 is 0 Å². The molecule has 7 heteroatoms. The lowest BCUT2D eigenvalue weighted by atomic mass is 10.1. The molecule has 0 unspecified atom stereocenters. The van der Waals surface area contributed by atoms with Crippen LogP contribution in [0, 0.1) is 11.3 Å². The zero-order chi connectivity index (χ0) is 18.4. The lowest BCUT2D eigenvalue weighted by Crippen LogP contribution is -2.26. The number of nitrogens with zero attached hydrogens (tertiary/aromatic N) is 2. The second kappa shape index (κ2) is 7.92. The third kappa shape index (κ3) is 4.66. The van der Waals surface area contributed by atoms with Gasteiger partial charge in [-0.1, -0.05) is 19.1 Å². The summed E-state index contributed by atoms with van der Waals surface area (Å²) in [5.41, 5.74) is 1.88. The van der Waals surface area contributed by atoms with Crippen LogP contribution in [0.25, 0.3) is 0 Å². The molecular formula is C18H19N3O3S. The smallest absolute Gasteiger partial charge is 0.253 e. The number of carbonyl (C=O) groups is 1. The highest BCUT2D eigenvalue weighted by molar-refractivity contribution is 7.89. The van der Waals surface area contributed by atoms with E-state index in [2.05, 4.69) is 4.72 Å². The maximum absolute atomic E-state index is 12.5. The van der Waals surface area contributed by atoms with E-state index in [1.807, 2.05) is 6.07 Å². The third-order valence-corrected chi connectivity index (χ3v) is 5.16. The molecule has 130 valence electrons. The van der Waals surface area contributed by atoms with E-state index < -0.39 is 10.0 Å². The topological polar surface area (TPSA) is 90.3 Å². The highest BCUT2D eigenvalue weighted by Crippen LogP contribution is 2.13. The summed E-state index contributed by atoms with van der Waals surface area (Å²) in [6.45, 7) is 2.39. The van der Waals surface area contributed by atoms with Gasteiger partial charge in [-0.2, -0.15) is 5.26 Å². The number of carbonyl (C=O) groups excluding carboxylic acids is 1. The van der Waals surface area contributed by atoms with Crippen molar-refractivity contribution in [2.75, 3.05) is 13.6 Å². The molecular weight excluding hydrogens is 338 g/mol. The number of nitriles is 1. The molecule has 1 N–H and O–H groups in total. The number of rotatable bonds is 6. The van der Waals surface area contributed by atoms with E-state index in [1.165, 1.54) is 29.2 Å². The van der Waals surface area contributed by atoms with Crippen LogP contribution in [0.4, 0.5) is 0 Å². The molecule has 2 aromatic rings. The van der Waals surface area contributed by atoms with Gasteiger partial charge in [-0.3, -0.25) is 4.79 Å². The number of sulfonamides is 1. The molecule has 0 saturated heterocycles. The molecule has 0 aromatic heterocycles. The predicted molar refractivity (Wildman–Crippen MR) is 94.3 cm³/mol. The maximum Gasteiger partial charge on any atom is 0.253 e. The van der Waals surface area contributed by atoms with Crippen molar-refractivity contribution in [2.24, 2.45) is 0 Å². The normalized spacial score (nSPS) is 10.9. The van der Waals surface area contributed by atoms with Gasteiger partial charge in [0.05, 0.1) is 16.5 Å². The second-order valence-electron chi connectivity index (χ2n) is 5.50. The Morgan fingerprint density at radius 1 is 1.12 bits per heavy atom. The van der Waals surface area contributed by atoms with E-state index in [9.17, 15) is 13.2 Å². The lowest BCUT2D eigenvalue weighted by Gasteiger charge is -2.17. The standard InChI is InChI=1S/C18H19N3O3S/c1-3-20-25(23,24)17-10-8-16(9-11-17)18(22)21(2)13-15-6-4-14(12-19)5-7-15/h4-11,20H,3,13H2,1-2H3. The number of hydrogen-bond acceptors (Lipinski definition) is 4.